The Morgan fingerprint density at radius 2 is 1.92 bits per heavy atom. The molecule has 0 unspecified atom stereocenters. The maximum Gasteiger partial charge on any atom is 0.337 e. The van der Waals surface area contributed by atoms with Crippen molar-refractivity contribution >= 4 is 27.6 Å². The van der Waals surface area contributed by atoms with Crippen molar-refractivity contribution in [2.45, 2.75) is 4.90 Å². The summed E-state index contributed by atoms with van der Waals surface area (Å²) in [6.45, 7) is -0.0692. The second-order valence-corrected chi connectivity index (χ2v) is 7.66. The normalized spacial score (nSPS) is 11.4. The fourth-order valence-corrected chi connectivity index (χ4v) is 3.76. The number of carbonyl (C=O) groups is 1. The van der Waals surface area contributed by atoms with Crippen LogP contribution in [0.5, 0.6) is 5.75 Å². The zero-order valence-corrected chi connectivity index (χ0v) is 15.7. The second-order valence-electron chi connectivity index (χ2n) is 5.24. The predicted molar refractivity (Wildman–Crippen MR) is 94.5 cm³/mol. The van der Waals surface area contributed by atoms with Crippen LogP contribution in [-0.2, 0) is 14.8 Å². The Morgan fingerprint density at radius 1 is 1.23 bits per heavy atom. The van der Waals surface area contributed by atoms with Gasteiger partial charge in [0.25, 0.3) is 0 Å². The standard InChI is InChI=1S/C17H17ClFNO5S/c1-20(9-10-25-15-6-4-3-5-14(15)19)26(22,23)16-8-7-12(11-13(16)18)17(21)24-2/h3-8,11H,9-10H2,1-2H3. The molecule has 0 saturated carbocycles. The number of ether oxygens (including phenoxy) is 2. The molecule has 0 aliphatic heterocycles. The van der Waals surface area contributed by atoms with Crippen molar-refractivity contribution < 1.29 is 27.1 Å². The summed E-state index contributed by atoms with van der Waals surface area (Å²) in [5, 5.41) is -0.102. The van der Waals surface area contributed by atoms with Crippen LogP contribution in [0.3, 0.4) is 0 Å². The topological polar surface area (TPSA) is 72.9 Å². The molecule has 0 aromatic heterocycles. The van der Waals surface area contributed by atoms with Crippen molar-refractivity contribution in [3.8, 4) is 5.75 Å². The molecule has 140 valence electrons. The van der Waals surface area contributed by atoms with Gasteiger partial charge in [-0.2, -0.15) is 4.31 Å². The van der Waals surface area contributed by atoms with Crippen LogP contribution in [0.15, 0.2) is 47.4 Å². The maximum absolute atomic E-state index is 13.5. The van der Waals surface area contributed by atoms with Gasteiger partial charge in [-0.05, 0) is 30.3 Å². The summed E-state index contributed by atoms with van der Waals surface area (Å²) in [7, 11) is -1.34. The van der Waals surface area contributed by atoms with Gasteiger partial charge in [0, 0.05) is 13.6 Å². The van der Waals surface area contributed by atoms with Gasteiger partial charge in [-0.3, -0.25) is 0 Å². The highest BCUT2D eigenvalue weighted by atomic mass is 35.5. The molecule has 0 atom stereocenters. The molecule has 0 amide bonds. The summed E-state index contributed by atoms with van der Waals surface area (Å²) in [5.41, 5.74) is 0.141. The molecule has 0 aliphatic carbocycles. The van der Waals surface area contributed by atoms with E-state index in [1.165, 1.54) is 50.6 Å². The van der Waals surface area contributed by atoms with Crippen LogP contribution in [0.1, 0.15) is 10.4 Å². The van der Waals surface area contributed by atoms with Crippen molar-refractivity contribution in [2.75, 3.05) is 27.3 Å². The van der Waals surface area contributed by atoms with Gasteiger partial charge in [0.15, 0.2) is 11.6 Å². The van der Waals surface area contributed by atoms with Gasteiger partial charge in [0.2, 0.25) is 10.0 Å². The lowest BCUT2D eigenvalue weighted by Crippen LogP contribution is -2.31. The van der Waals surface area contributed by atoms with Crippen LogP contribution in [0.25, 0.3) is 0 Å². The average Bonchev–Trinajstić information content (AvgIpc) is 2.62. The molecular weight excluding hydrogens is 385 g/mol. The SMILES string of the molecule is COC(=O)c1ccc(S(=O)(=O)N(C)CCOc2ccccc2F)c(Cl)c1. The predicted octanol–water partition coefficient (Wildman–Crippen LogP) is 2.97. The molecule has 0 radical (unpaired) electrons. The van der Waals surface area contributed by atoms with Crippen molar-refractivity contribution in [3.63, 3.8) is 0 Å². The Labute approximate surface area is 156 Å². The minimum atomic E-state index is -3.91. The average molecular weight is 402 g/mol. The largest absolute Gasteiger partial charge is 0.489 e. The van der Waals surface area contributed by atoms with Gasteiger partial charge in [-0.15, -0.1) is 0 Å². The molecule has 0 N–H and O–H groups in total. The van der Waals surface area contributed by atoms with Gasteiger partial charge >= 0.3 is 5.97 Å². The Hall–Kier alpha value is -2.16. The molecule has 0 bridgehead atoms. The second kappa shape index (κ2) is 8.48. The number of esters is 1. The number of rotatable bonds is 7. The number of halogens is 2. The van der Waals surface area contributed by atoms with Crippen molar-refractivity contribution in [1.82, 2.24) is 4.31 Å². The Kier molecular flexibility index (Phi) is 6.57. The molecule has 0 spiro atoms. The fourth-order valence-electron chi connectivity index (χ4n) is 2.09. The number of likely N-dealkylation sites (N-methyl/N-ethyl adjacent to an activating group) is 1. The van der Waals surface area contributed by atoms with E-state index in [0.29, 0.717) is 0 Å². The van der Waals surface area contributed by atoms with Crippen molar-refractivity contribution in [2.24, 2.45) is 0 Å². The van der Waals surface area contributed by atoms with E-state index < -0.39 is 21.8 Å². The highest BCUT2D eigenvalue weighted by Crippen LogP contribution is 2.25. The third kappa shape index (κ3) is 4.51. The third-order valence-corrected chi connectivity index (χ3v) is 5.88. The van der Waals surface area contributed by atoms with Crippen LogP contribution in [0, 0.1) is 5.82 Å². The first-order valence-corrected chi connectivity index (χ1v) is 9.30. The lowest BCUT2D eigenvalue weighted by molar-refractivity contribution is 0.0600. The van der Waals surface area contributed by atoms with E-state index in [1.807, 2.05) is 0 Å². The summed E-state index contributed by atoms with van der Waals surface area (Å²) >= 11 is 6.02. The van der Waals surface area contributed by atoms with E-state index in [1.54, 1.807) is 6.07 Å². The number of carbonyl (C=O) groups excluding carboxylic acids is 1. The van der Waals surface area contributed by atoms with Crippen LogP contribution < -0.4 is 4.74 Å². The van der Waals surface area contributed by atoms with Crippen LogP contribution >= 0.6 is 11.6 Å². The lowest BCUT2D eigenvalue weighted by atomic mass is 10.2. The van der Waals surface area contributed by atoms with Gasteiger partial charge in [0.1, 0.15) is 11.5 Å². The van der Waals surface area contributed by atoms with E-state index in [2.05, 4.69) is 4.74 Å². The number of nitrogens with zero attached hydrogens (tertiary/aromatic N) is 1. The summed E-state index contributed by atoms with van der Waals surface area (Å²) in [4.78, 5) is 11.3. The molecule has 0 fully saturated rings. The molecule has 6 nitrogen and oxygen atoms in total. The molecule has 26 heavy (non-hydrogen) atoms. The van der Waals surface area contributed by atoms with Crippen LogP contribution in [0.2, 0.25) is 5.02 Å². The number of hydrogen-bond donors (Lipinski definition) is 0. The number of sulfonamides is 1. The Morgan fingerprint density at radius 3 is 2.54 bits per heavy atom. The Bertz CT molecular complexity index is 904. The smallest absolute Gasteiger partial charge is 0.337 e. The number of benzene rings is 2. The molecular formula is C17H17ClFNO5S. The molecule has 2 aromatic rings. The number of para-hydroxylation sites is 1. The van der Waals surface area contributed by atoms with Crippen molar-refractivity contribution in [1.29, 1.82) is 0 Å². The van der Waals surface area contributed by atoms with Crippen LogP contribution in [0.4, 0.5) is 4.39 Å². The fraction of sp³-hybridized carbons (Fsp3) is 0.235. The van der Waals surface area contributed by atoms with Gasteiger partial charge in [-0.25, -0.2) is 17.6 Å². The molecule has 0 saturated heterocycles. The maximum atomic E-state index is 13.5. The van der Waals surface area contributed by atoms with E-state index in [9.17, 15) is 17.6 Å². The zero-order chi connectivity index (χ0) is 19.3. The van der Waals surface area contributed by atoms with E-state index in [0.717, 1.165) is 4.31 Å². The number of hydrogen-bond acceptors (Lipinski definition) is 5. The van der Waals surface area contributed by atoms with Gasteiger partial charge in [0.05, 0.1) is 17.7 Å². The summed E-state index contributed by atoms with van der Waals surface area (Å²) in [6, 6.07) is 9.61. The highest BCUT2D eigenvalue weighted by molar-refractivity contribution is 7.89. The highest BCUT2D eigenvalue weighted by Gasteiger charge is 2.24. The molecule has 9 heteroatoms. The lowest BCUT2D eigenvalue weighted by Gasteiger charge is -2.18. The first kappa shape index (κ1) is 20.2. The zero-order valence-electron chi connectivity index (χ0n) is 14.1. The van der Waals surface area contributed by atoms with E-state index >= 15 is 0 Å². The molecule has 0 heterocycles. The third-order valence-electron chi connectivity index (χ3n) is 3.54. The van der Waals surface area contributed by atoms with Gasteiger partial charge in [-0.1, -0.05) is 23.7 Å². The minimum absolute atomic E-state index is 0.0221. The minimum Gasteiger partial charge on any atom is -0.489 e. The van der Waals surface area contributed by atoms with E-state index in [4.69, 9.17) is 16.3 Å². The summed E-state index contributed by atoms with van der Waals surface area (Å²) in [6.07, 6.45) is 0. The van der Waals surface area contributed by atoms with Gasteiger partial charge < -0.3 is 9.47 Å². The summed E-state index contributed by atoms with van der Waals surface area (Å²) in [5.74, 6) is -1.11. The molecule has 2 rings (SSSR count). The van der Waals surface area contributed by atoms with E-state index in [-0.39, 0.29) is 34.4 Å². The summed E-state index contributed by atoms with van der Waals surface area (Å²) < 4.78 is 49.6. The number of methoxy groups -OCH3 is 1. The monoisotopic (exact) mass is 401 g/mol. The quantitative estimate of drug-likeness (QED) is 0.667. The first-order valence-electron chi connectivity index (χ1n) is 7.49. The molecule has 2 aromatic carbocycles. The van der Waals surface area contributed by atoms with Crippen LogP contribution in [-0.4, -0.2) is 46.0 Å². The first-order chi connectivity index (χ1) is 12.3. The Balaban J connectivity index is 2.09. The molecule has 0 aliphatic rings. The van der Waals surface area contributed by atoms with Crippen molar-refractivity contribution in [3.05, 3.63) is 58.9 Å².